The fourth-order valence-electron chi connectivity index (χ4n) is 3.63. The van der Waals surface area contributed by atoms with Crippen LogP contribution in [0.2, 0.25) is 5.02 Å². The maximum absolute atomic E-state index is 14.5. The van der Waals surface area contributed by atoms with Crippen LogP contribution in [-0.4, -0.2) is 17.9 Å². The Bertz CT molecular complexity index is 1250. The molecule has 0 aliphatic rings. The van der Waals surface area contributed by atoms with Gasteiger partial charge in [0.2, 0.25) is 0 Å². The van der Waals surface area contributed by atoms with E-state index in [0.29, 0.717) is 22.7 Å². The lowest BCUT2D eigenvalue weighted by atomic mass is 10.0. The number of hydrogen-bond acceptors (Lipinski definition) is 2. The van der Waals surface area contributed by atoms with Gasteiger partial charge in [0.1, 0.15) is 5.82 Å². The zero-order valence-electron chi connectivity index (χ0n) is 16.7. The first-order valence-corrected chi connectivity index (χ1v) is 10.1. The molecule has 5 heteroatoms. The van der Waals surface area contributed by atoms with Crippen molar-refractivity contribution >= 4 is 34.0 Å². The van der Waals surface area contributed by atoms with Gasteiger partial charge < -0.3 is 4.90 Å². The summed E-state index contributed by atoms with van der Waals surface area (Å²) < 4.78 is 14.5. The van der Waals surface area contributed by atoms with E-state index in [1.807, 2.05) is 43.3 Å². The number of carbonyl (C=O) groups excluding carboxylic acids is 1. The third-order valence-corrected chi connectivity index (χ3v) is 5.59. The number of amides is 1. The number of rotatable bonds is 4. The molecule has 0 N–H and O–H groups in total. The molecule has 4 aromatic rings. The summed E-state index contributed by atoms with van der Waals surface area (Å²) in [4.78, 5) is 19.1. The van der Waals surface area contributed by atoms with Crippen molar-refractivity contribution in [1.29, 1.82) is 0 Å². The van der Waals surface area contributed by atoms with Crippen molar-refractivity contribution in [3.8, 4) is 11.3 Å². The minimum Gasteiger partial charge on any atom is -0.311 e. The summed E-state index contributed by atoms with van der Waals surface area (Å²) in [6, 6.07) is 19.9. The number of carbonyl (C=O) groups is 1. The lowest BCUT2D eigenvalue weighted by Crippen LogP contribution is -2.28. The normalized spacial score (nSPS) is 10.9. The van der Waals surface area contributed by atoms with Gasteiger partial charge in [-0.25, -0.2) is 4.39 Å². The highest BCUT2D eigenvalue weighted by molar-refractivity contribution is 6.33. The maximum Gasteiger partial charge on any atom is 0.261 e. The molecule has 0 fully saturated rings. The van der Waals surface area contributed by atoms with Gasteiger partial charge in [-0.3, -0.25) is 9.78 Å². The van der Waals surface area contributed by atoms with E-state index in [-0.39, 0.29) is 5.56 Å². The monoisotopic (exact) mass is 418 g/mol. The lowest BCUT2D eigenvalue weighted by Gasteiger charge is -2.21. The molecule has 0 saturated heterocycles. The number of fused-ring (bicyclic) bond motifs is 1. The third kappa shape index (κ3) is 3.55. The van der Waals surface area contributed by atoms with Gasteiger partial charge in [0.05, 0.1) is 16.3 Å². The number of pyridine rings is 1. The molecule has 0 aliphatic carbocycles. The van der Waals surface area contributed by atoms with Crippen molar-refractivity contribution < 1.29 is 9.18 Å². The van der Waals surface area contributed by atoms with E-state index >= 15 is 0 Å². The third-order valence-electron chi connectivity index (χ3n) is 5.27. The fraction of sp³-hybridized carbons (Fsp3) is 0.120. The predicted molar refractivity (Wildman–Crippen MR) is 121 cm³/mol. The van der Waals surface area contributed by atoms with Crippen LogP contribution in [0.15, 0.2) is 72.9 Å². The van der Waals surface area contributed by atoms with Gasteiger partial charge in [0, 0.05) is 29.9 Å². The molecule has 150 valence electrons. The number of hydrogen-bond donors (Lipinski definition) is 0. The first-order chi connectivity index (χ1) is 14.5. The van der Waals surface area contributed by atoms with E-state index in [2.05, 4.69) is 4.98 Å². The number of halogens is 2. The van der Waals surface area contributed by atoms with Gasteiger partial charge in [0.15, 0.2) is 0 Å². The first kappa shape index (κ1) is 20.0. The molecular weight excluding hydrogens is 399 g/mol. The molecular formula is C25H20ClFN2O. The van der Waals surface area contributed by atoms with Gasteiger partial charge >= 0.3 is 0 Å². The molecule has 4 rings (SSSR count). The van der Waals surface area contributed by atoms with Crippen LogP contribution in [0, 0.1) is 5.82 Å². The van der Waals surface area contributed by atoms with E-state index in [1.54, 1.807) is 37.5 Å². The molecule has 0 saturated carbocycles. The van der Waals surface area contributed by atoms with Gasteiger partial charge in [-0.1, -0.05) is 54.9 Å². The molecule has 1 heterocycles. The summed E-state index contributed by atoms with van der Waals surface area (Å²) in [6.07, 6.45) is 2.31. The summed E-state index contributed by atoms with van der Waals surface area (Å²) in [7, 11) is 1.64. The summed E-state index contributed by atoms with van der Waals surface area (Å²) in [6.45, 7) is 1.90. The Hall–Kier alpha value is -3.24. The summed E-state index contributed by atoms with van der Waals surface area (Å²) in [5.41, 5.74) is 2.84. The Morgan fingerprint density at radius 2 is 1.87 bits per heavy atom. The fourth-order valence-corrected chi connectivity index (χ4v) is 3.83. The van der Waals surface area contributed by atoms with Gasteiger partial charge in [-0.2, -0.15) is 0 Å². The van der Waals surface area contributed by atoms with E-state index in [4.69, 9.17) is 11.6 Å². The highest BCUT2D eigenvalue weighted by atomic mass is 35.5. The van der Waals surface area contributed by atoms with Crippen molar-refractivity contribution in [2.45, 2.75) is 13.3 Å². The molecule has 0 atom stereocenters. The molecule has 0 spiro atoms. The highest BCUT2D eigenvalue weighted by Crippen LogP contribution is 2.35. The van der Waals surface area contributed by atoms with E-state index in [9.17, 15) is 9.18 Å². The Morgan fingerprint density at radius 3 is 2.67 bits per heavy atom. The average molecular weight is 419 g/mol. The van der Waals surface area contributed by atoms with E-state index < -0.39 is 11.7 Å². The largest absolute Gasteiger partial charge is 0.311 e. The Labute approximate surface area is 179 Å². The summed E-state index contributed by atoms with van der Waals surface area (Å²) in [5, 5.41) is 2.55. The summed E-state index contributed by atoms with van der Waals surface area (Å²) >= 11 is 6.50. The molecule has 0 unspecified atom stereocenters. The average Bonchev–Trinajstić information content (AvgIpc) is 2.78. The van der Waals surface area contributed by atoms with Crippen LogP contribution >= 0.6 is 11.6 Å². The van der Waals surface area contributed by atoms with Crippen molar-refractivity contribution in [3.63, 3.8) is 0 Å². The lowest BCUT2D eigenvalue weighted by molar-refractivity contribution is 0.0988. The zero-order valence-corrected chi connectivity index (χ0v) is 17.4. The SMILES string of the molecule is CCc1cccc(F)c1C(=O)N(C)c1ccc(Cl)c(-c2nccc3ccccc23)c1. The minimum atomic E-state index is -0.517. The highest BCUT2D eigenvalue weighted by Gasteiger charge is 2.21. The topological polar surface area (TPSA) is 33.2 Å². The van der Waals surface area contributed by atoms with Crippen LogP contribution in [0.4, 0.5) is 10.1 Å². The molecule has 30 heavy (non-hydrogen) atoms. The number of benzene rings is 3. The Kier molecular flexibility index (Phi) is 5.51. The molecule has 3 nitrogen and oxygen atoms in total. The van der Waals surface area contributed by atoms with Gasteiger partial charge in [-0.05, 0) is 47.7 Å². The Balaban J connectivity index is 1.80. The predicted octanol–water partition coefficient (Wildman–Crippen LogP) is 6.53. The van der Waals surface area contributed by atoms with E-state index in [1.165, 1.54) is 11.0 Å². The second-order valence-electron chi connectivity index (χ2n) is 7.04. The number of anilines is 1. The van der Waals surface area contributed by atoms with Crippen LogP contribution in [-0.2, 0) is 6.42 Å². The molecule has 0 aliphatic heterocycles. The molecule has 3 aromatic carbocycles. The molecule has 0 radical (unpaired) electrons. The summed E-state index contributed by atoms with van der Waals surface area (Å²) in [5.74, 6) is -0.916. The second kappa shape index (κ2) is 8.25. The van der Waals surface area contributed by atoms with Gasteiger partial charge in [-0.15, -0.1) is 0 Å². The molecule has 1 amide bonds. The molecule has 0 bridgehead atoms. The standard InChI is InChI=1S/C25H20ClFN2O/c1-3-16-8-6-10-22(27)23(16)25(30)29(2)18-11-12-21(26)20(15-18)24-19-9-5-4-7-17(19)13-14-28-24/h4-15H,3H2,1-2H3. The number of aromatic nitrogens is 1. The quantitative estimate of drug-likeness (QED) is 0.377. The van der Waals surface area contributed by atoms with Gasteiger partial charge in [0.25, 0.3) is 5.91 Å². The Morgan fingerprint density at radius 1 is 1.07 bits per heavy atom. The zero-order chi connectivity index (χ0) is 21.3. The van der Waals surface area contributed by atoms with Crippen LogP contribution < -0.4 is 4.90 Å². The smallest absolute Gasteiger partial charge is 0.261 e. The van der Waals surface area contributed by atoms with Crippen LogP contribution in [0.25, 0.3) is 22.0 Å². The molecule has 1 aromatic heterocycles. The first-order valence-electron chi connectivity index (χ1n) is 9.70. The van der Waals surface area contributed by atoms with Crippen LogP contribution in [0.3, 0.4) is 0 Å². The van der Waals surface area contributed by atoms with Crippen molar-refractivity contribution in [2.24, 2.45) is 0 Å². The van der Waals surface area contributed by atoms with Crippen LogP contribution in [0.5, 0.6) is 0 Å². The van der Waals surface area contributed by atoms with Crippen LogP contribution in [0.1, 0.15) is 22.8 Å². The maximum atomic E-state index is 14.5. The minimum absolute atomic E-state index is 0.0993. The van der Waals surface area contributed by atoms with Crippen molar-refractivity contribution in [2.75, 3.05) is 11.9 Å². The van der Waals surface area contributed by atoms with Crippen molar-refractivity contribution in [3.05, 3.63) is 94.9 Å². The number of aryl methyl sites for hydroxylation is 1. The number of nitrogens with zero attached hydrogens (tertiary/aromatic N) is 2. The van der Waals surface area contributed by atoms with Crippen molar-refractivity contribution in [1.82, 2.24) is 4.98 Å². The second-order valence-corrected chi connectivity index (χ2v) is 7.44. The van der Waals surface area contributed by atoms with E-state index in [0.717, 1.165) is 22.0 Å².